The van der Waals surface area contributed by atoms with Crippen molar-refractivity contribution < 1.29 is 14.2 Å². The molecule has 0 saturated heterocycles. The molecule has 2 N–H and O–H groups in total. The van der Waals surface area contributed by atoms with Crippen LogP contribution in [0, 0.1) is 5.82 Å². The maximum atomic E-state index is 12.8. The Bertz CT molecular complexity index is 303. The van der Waals surface area contributed by atoms with Crippen molar-refractivity contribution in [2.24, 2.45) is 0 Å². The van der Waals surface area contributed by atoms with Crippen molar-refractivity contribution in [1.29, 1.82) is 0 Å². The van der Waals surface area contributed by atoms with Gasteiger partial charge in [0.2, 0.25) is 0 Å². The maximum Gasteiger partial charge on any atom is 0.123 e. The van der Waals surface area contributed by atoms with Crippen LogP contribution in [-0.2, 0) is 4.74 Å². The third-order valence-corrected chi connectivity index (χ3v) is 2.55. The number of halogens is 1. The van der Waals surface area contributed by atoms with Gasteiger partial charge in [0.15, 0.2) is 0 Å². The Hall–Kier alpha value is -0.970. The number of nitrogens with one attached hydrogen (secondary N) is 1. The smallest absolute Gasteiger partial charge is 0.123 e. The molecule has 0 heterocycles. The molecule has 0 aliphatic carbocycles. The maximum absolute atomic E-state index is 12.8. The molecular formula is C13H20FNO2. The van der Waals surface area contributed by atoms with Crippen molar-refractivity contribution in [2.45, 2.75) is 19.4 Å². The second-order valence-electron chi connectivity index (χ2n) is 3.80. The minimum Gasteiger partial charge on any atom is -0.394 e. The predicted molar refractivity (Wildman–Crippen MR) is 65.3 cm³/mol. The second-order valence-corrected chi connectivity index (χ2v) is 3.80. The van der Waals surface area contributed by atoms with Gasteiger partial charge < -0.3 is 15.2 Å². The number of benzene rings is 1. The van der Waals surface area contributed by atoms with Crippen LogP contribution in [0.1, 0.15) is 24.9 Å². The zero-order valence-electron chi connectivity index (χ0n) is 10.2. The van der Waals surface area contributed by atoms with Crippen molar-refractivity contribution >= 4 is 0 Å². The van der Waals surface area contributed by atoms with Gasteiger partial charge in [-0.05, 0) is 24.1 Å². The molecule has 0 fully saturated rings. The van der Waals surface area contributed by atoms with Crippen LogP contribution in [0.3, 0.4) is 0 Å². The van der Waals surface area contributed by atoms with E-state index >= 15 is 0 Å². The summed E-state index contributed by atoms with van der Waals surface area (Å²) in [5, 5.41) is 11.9. The second kappa shape index (κ2) is 8.17. The third-order valence-electron chi connectivity index (χ3n) is 2.55. The van der Waals surface area contributed by atoms with Crippen LogP contribution in [0.4, 0.5) is 4.39 Å². The molecule has 1 aromatic rings. The molecule has 0 amide bonds. The van der Waals surface area contributed by atoms with E-state index in [2.05, 4.69) is 12.2 Å². The standard InChI is InChI=1S/C13H20FNO2/c1-2-13(15-7-9-17-10-8-16)11-3-5-12(14)6-4-11/h3-6,13,15-16H,2,7-10H2,1H3. The molecule has 3 nitrogen and oxygen atoms in total. The summed E-state index contributed by atoms with van der Waals surface area (Å²) in [7, 11) is 0. The highest BCUT2D eigenvalue weighted by molar-refractivity contribution is 5.19. The van der Waals surface area contributed by atoms with Gasteiger partial charge in [-0.2, -0.15) is 0 Å². The number of hydrogen-bond donors (Lipinski definition) is 2. The van der Waals surface area contributed by atoms with E-state index in [1.807, 2.05) is 0 Å². The monoisotopic (exact) mass is 241 g/mol. The SMILES string of the molecule is CCC(NCCOCCO)c1ccc(F)cc1. The van der Waals surface area contributed by atoms with Gasteiger partial charge in [0, 0.05) is 12.6 Å². The fourth-order valence-electron chi connectivity index (χ4n) is 1.66. The lowest BCUT2D eigenvalue weighted by molar-refractivity contribution is 0.0925. The lowest BCUT2D eigenvalue weighted by Gasteiger charge is -2.17. The molecule has 0 saturated carbocycles. The van der Waals surface area contributed by atoms with E-state index in [4.69, 9.17) is 9.84 Å². The first-order valence-corrected chi connectivity index (χ1v) is 5.95. The van der Waals surface area contributed by atoms with Crippen LogP contribution in [0.5, 0.6) is 0 Å². The first-order chi connectivity index (χ1) is 8.27. The molecule has 1 unspecified atom stereocenters. The number of hydrogen-bond acceptors (Lipinski definition) is 3. The summed E-state index contributed by atoms with van der Waals surface area (Å²) in [6, 6.07) is 6.76. The molecule has 96 valence electrons. The van der Waals surface area contributed by atoms with E-state index in [0.29, 0.717) is 13.2 Å². The van der Waals surface area contributed by atoms with Crippen LogP contribution in [0.25, 0.3) is 0 Å². The van der Waals surface area contributed by atoms with Gasteiger partial charge >= 0.3 is 0 Å². The topological polar surface area (TPSA) is 41.5 Å². The van der Waals surface area contributed by atoms with E-state index < -0.39 is 0 Å². The van der Waals surface area contributed by atoms with Crippen LogP contribution in [0.15, 0.2) is 24.3 Å². The molecule has 0 bridgehead atoms. The highest BCUT2D eigenvalue weighted by Crippen LogP contribution is 2.16. The van der Waals surface area contributed by atoms with Crippen molar-refractivity contribution in [2.75, 3.05) is 26.4 Å². The molecule has 1 atom stereocenters. The molecule has 1 rings (SSSR count). The third kappa shape index (κ3) is 5.26. The van der Waals surface area contributed by atoms with Crippen LogP contribution < -0.4 is 5.32 Å². The molecular weight excluding hydrogens is 221 g/mol. The molecule has 0 aliphatic rings. The Morgan fingerprint density at radius 2 is 2.00 bits per heavy atom. The Morgan fingerprint density at radius 1 is 1.29 bits per heavy atom. The molecule has 1 aromatic carbocycles. The summed E-state index contributed by atoms with van der Waals surface area (Å²) in [4.78, 5) is 0. The van der Waals surface area contributed by atoms with Gasteiger partial charge in [-0.25, -0.2) is 4.39 Å². The van der Waals surface area contributed by atoms with Crippen LogP contribution in [-0.4, -0.2) is 31.5 Å². The van der Waals surface area contributed by atoms with Crippen molar-refractivity contribution in [3.05, 3.63) is 35.6 Å². The Kier molecular flexibility index (Phi) is 6.77. The lowest BCUT2D eigenvalue weighted by Crippen LogP contribution is -2.25. The fourth-order valence-corrected chi connectivity index (χ4v) is 1.66. The largest absolute Gasteiger partial charge is 0.394 e. The van der Waals surface area contributed by atoms with Gasteiger partial charge in [0.1, 0.15) is 5.82 Å². The summed E-state index contributed by atoms with van der Waals surface area (Å²) >= 11 is 0. The minimum atomic E-state index is -0.213. The number of aliphatic hydroxyl groups excluding tert-OH is 1. The van der Waals surface area contributed by atoms with Crippen LogP contribution >= 0.6 is 0 Å². The van der Waals surface area contributed by atoms with Gasteiger partial charge in [-0.15, -0.1) is 0 Å². The summed E-state index contributed by atoms with van der Waals surface area (Å²) in [6.45, 7) is 3.79. The Balaban J connectivity index is 2.35. The van der Waals surface area contributed by atoms with E-state index in [0.717, 1.165) is 18.5 Å². The average Bonchev–Trinajstić information content (AvgIpc) is 2.35. The predicted octanol–water partition coefficient (Wildman–Crippen LogP) is 1.88. The zero-order valence-corrected chi connectivity index (χ0v) is 10.2. The minimum absolute atomic E-state index is 0.0508. The van der Waals surface area contributed by atoms with Crippen molar-refractivity contribution in [3.8, 4) is 0 Å². The summed E-state index contributed by atoms with van der Waals surface area (Å²) in [5.74, 6) is -0.213. The Labute approximate surface area is 102 Å². The summed E-state index contributed by atoms with van der Waals surface area (Å²) in [6.07, 6.45) is 0.936. The molecule has 0 aliphatic heterocycles. The van der Waals surface area contributed by atoms with E-state index in [-0.39, 0.29) is 18.5 Å². The van der Waals surface area contributed by atoms with Gasteiger partial charge in [0.05, 0.1) is 19.8 Å². The first-order valence-electron chi connectivity index (χ1n) is 5.95. The number of ether oxygens (including phenoxy) is 1. The van der Waals surface area contributed by atoms with Crippen molar-refractivity contribution in [3.63, 3.8) is 0 Å². The van der Waals surface area contributed by atoms with E-state index in [1.54, 1.807) is 12.1 Å². The highest BCUT2D eigenvalue weighted by atomic mass is 19.1. The normalized spacial score (nSPS) is 12.6. The first kappa shape index (κ1) is 14.1. The highest BCUT2D eigenvalue weighted by Gasteiger charge is 2.07. The van der Waals surface area contributed by atoms with Gasteiger partial charge in [-0.1, -0.05) is 19.1 Å². The lowest BCUT2D eigenvalue weighted by atomic mass is 10.0. The summed E-state index contributed by atoms with van der Waals surface area (Å²) < 4.78 is 17.9. The molecule has 0 spiro atoms. The fraction of sp³-hybridized carbons (Fsp3) is 0.538. The summed E-state index contributed by atoms with van der Waals surface area (Å²) in [5.41, 5.74) is 1.08. The quantitative estimate of drug-likeness (QED) is 0.683. The van der Waals surface area contributed by atoms with Crippen molar-refractivity contribution in [1.82, 2.24) is 5.32 Å². The molecule has 0 aromatic heterocycles. The van der Waals surface area contributed by atoms with Gasteiger partial charge in [0.25, 0.3) is 0 Å². The number of rotatable bonds is 8. The Morgan fingerprint density at radius 3 is 2.59 bits per heavy atom. The molecule has 4 heteroatoms. The number of aliphatic hydroxyl groups is 1. The van der Waals surface area contributed by atoms with E-state index in [9.17, 15) is 4.39 Å². The van der Waals surface area contributed by atoms with E-state index in [1.165, 1.54) is 12.1 Å². The molecule has 17 heavy (non-hydrogen) atoms. The van der Waals surface area contributed by atoms with Gasteiger partial charge in [-0.3, -0.25) is 0 Å². The molecule has 0 radical (unpaired) electrons. The average molecular weight is 241 g/mol. The zero-order chi connectivity index (χ0) is 12.5. The van der Waals surface area contributed by atoms with Crippen LogP contribution in [0.2, 0.25) is 0 Å².